The van der Waals surface area contributed by atoms with Crippen molar-refractivity contribution in [3.63, 3.8) is 0 Å². The Morgan fingerprint density at radius 2 is 1.46 bits per heavy atom. The minimum atomic E-state index is -2.03. The van der Waals surface area contributed by atoms with Crippen LogP contribution in [0, 0.1) is 5.82 Å². The molecule has 414 valence electrons. The second-order valence-electron chi connectivity index (χ2n) is 19.1. The van der Waals surface area contributed by atoms with Crippen molar-refractivity contribution >= 4 is 63.9 Å². The number of hydrogen-bond donors (Lipinski definition) is 6. The average molecular weight is 1080 g/mol. The highest BCUT2D eigenvalue weighted by atomic mass is 19.1. The van der Waals surface area contributed by atoms with Crippen molar-refractivity contribution in [3.05, 3.63) is 105 Å². The number of rotatable bonds is 26. The van der Waals surface area contributed by atoms with Crippen molar-refractivity contribution in [1.82, 2.24) is 40.6 Å². The zero-order chi connectivity index (χ0) is 55.3. The Kier molecular flexibility index (Phi) is 18.8. The van der Waals surface area contributed by atoms with Crippen molar-refractivity contribution in [2.24, 2.45) is 0 Å². The molecule has 8 rings (SSSR count). The van der Waals surface area contributed by atoms with Crippen LogP contribution in [0.15, 0.2) is 65.5 Å². The van der Waals surface area contributed by atoms with E-state index in [1.165, 1.54) is 28.9 Å². The van der Waals surface area contributed by atoms with Crippen LogP contribution in [0.3, 0.4) is 0 Å². The molecule has 23 nitrogen and oxygen atoms in total. The topological polar surface area (TPSA) is 295 Å². The Morgan fingerprint density at radius 3 is 2.18 bits per heavy atom. The maximum atomic E-state index is 16.1. The van der Waals surface area contributed by atoms with Crippen LogP contribution in [-0.4, -0.2) is 157 Å². The van der Waals surface area contributed by atoms with Crippen LogP contribution in [0.4, 0.5) is 10.1 Å². The molecule has 2 atom stereocenters. The number of pyridine rings is 2. The van der Waals surface area contributed by atoms with Gasteiger partial charge in [0, 0.05) is 54.1 Å². The average Bonchev–Trinajstić information content (AvgIpc) is 4.01. The van der Waals surface area contributed by atoms with Crippen LogP contribution < -0.4 is 32.1 Å². The summed E-state index contributed by atoms with van der Waals surface area (Å²) < 4.78 is 39.0. The van der Waals surface area contributed by atoms with Crippen molar-refractivity contribution in [2.45, 2.75) is 76.8 Å². The van der Waals surface area contributed by atoms with E-state index in [2.05, 4.69) is 31.5 Å². The molecule has 0 unspecified atom stereocenters. The summed E-state index contributed by atoms with van der Waals surface area (Å²) in [6.07, 6.45) is 5.37. The van der Waals surface area contributed by atoms with Gasteiger partial charge in [-0.25, -0.2) is 14.2 Å². The highest BCUT2D eigenvalue weighted by Gasteiger charge is 2.45. The number of carbonyl (C=O) groups is 8. The van der Waals surface area contributed by atoms with Crippen LogP contribution in [0.2, 0.25) is 0 Å². The van der Waals surface area contributed by atoms with Crippen LogP contribution in [0.1, 0.15) is 66.8 Å². The van der Waals surface area contributed by atoms with E-state index in [0.29, 0.717) is 34.4 Å². The molecule has 0 bridgehead atoms. The van der Waals surface area contributed by atoms with E-state index in [0.717, 1.165) is 42.8 Å². The number of esters is 1. The Labute approximate surface area is 447 Å². The number of halogens is 1. The van der Waals surface area contributed by atoms with Gasteiger partial charge >= 0.3 is 5.97 Å². The third-order valence-corrected chi connectivity index (χ3v) is 13.8. The second-order valence-corrected chi connectivity index (χ2v) is 19.1. The number of carbonyl (C=O) groups excluding carboxylic acids is 8. The number of ether oxygens (including phenoxy) is 4. The summed E-state index contributed by atoms with van der Waals surface area (Å²) in [5.41, 5.74) is 0.873. The van der Waals surface area contributed by atoms with Crippen molar-refractivity contribution in [1.29, 1.82) is 0 Å². The van der Waals surface area contributed by atoms with Crippen LogP contribution in [-0.2, 0) is 89.0 Å². The number of piperidine rings is 1. The number of fused-ring (bicyclic) bond motifs is 5. The summed E-state index contributed by atoms with van der Waals surface area (Å²) in [7, 11) is 0. The highest BCUT2D eigenvalue weighted by Crippen LogP contribution is 2.41. The van der Waals surface area contributed by atoms with Crippen molar-refractivity contribution in [2.75, 3.05) is 84.2 Å². The van der Waals surface area contributed by atoms with E-state index >= 15 is 4.39 Å². The van der Waals surface area contributed by atoms with E-state index in [1.54, 1.807) is 43.3 Å². The summed E-state index contributed by atoms with van der Waals surface area (Å²) in [5, 5.41) is 24.4. The van der Waals surface area contributed by atoms with Crippen molar-refractivity contribution in [3.8, 4) is 11.4 Å². The maximum Gasteiger partial charge on any atom is 0.343 e. The molecule has 0 spiro atoms. The zero-order valence-electron chi connectivity index (χ0n) is 43.1. The number of likely N-dealkylation sites (tertiary alicyclic amines) is 1. The molecular formula is C54H62FN9O14. The number of amides is 7. The molecule has 2 aromatic heterocycles. The second kappa shape index (κ2) is 26.0. The number of cyclic esters (lactones) is 1. The fourth-order valence-electron chi connectivity index (χ4n) is 9.61. The van der Waals surface area contributed by atoms with Gasteiger partial charge in [0.1, 0.15) is 18.5 Å². The van der Waals surface area contributed by atoms with Gasteiger partial charge in [0.25, 0.3) is 17.4 Å². The molecule has 0 radical (unpaired) electrons. The normalized spacial score (nSPS) is 17.0. The molecule has 2 aromatic carbocycles. The lowest BCUT2D eigenvalue weighted by atomic mass is 9.86. The molecule has 7 amide bonds. The minimum Gasteiger partial charge on any atom is -0.458 e. The van der Waals surface area contributed by atoms with Gasteiger partial charge in [0.05, 0.1) is 101 Å². The van der Waals surface area contributed by atoms with Gasteiger partial charge in [-0.2, -0.15) is 0 Å². The van der Waals surface area contributed by atoms with E-state index in [1.807, 2.05) is 0 Å². The number of benzene rings is 2. The summed E-state index contributed by atoms with van der Waals surface area (Å²) in [4.78, 5) is 123. The number of aliphatic hydroxyl groups is 1. The summed E-state index contributed by atoms with van der Waals surface area (Å²) >= 11 is 0. The van der Waals surface area contributed by atoms with E-state index in [9.17, 15) is 48.3 Å². The minimum absolute atomic E-state index is 0.0123. The van der Waals surface area contributed by atoms with Gasteiger partial charge in [0.2, 0.25) is 29.5 Å². The number of nitrogens with one attached hydrogen (secondary N) is 5. The highest BCUT2D eigenvalue weighted by molar-refractivity contribution is 6.12. The Bertz CT molecular complexity index is 3040. The van der Waals surface area contributed by atoms with Gasteiger partial charge < -0.3 is 55.2 Å². The number of imide groups is 1. The summed E-state index contributed by atoms with van der Waals surface area (Å²) in [5.74, 6) is -5.84. The molecule has 6 N–H and O–H groups in total. The molecule has 6 heterocycles. The number of hydrogen-bond acceptors (Lipinski definition) is 16. The van der Waals surface area contributed by atoms with Gasteiger partial charge in [-0.1, -0.05) is 43.7 Å². The fraction of sp³-hybridized carbons (Fsp3) is 0.444. The van der Waals surface area contributed by atoms with Gasteiger partial charge in [-0.15, -0.1) is 0 Å². The number of nitrogens with zero attached hydrogens (tertiary/aromatic N) is 4. The Balaban J connectivity index is 0.821. The molecule has 4 aliphatic rings. The van der Waals surface area contributed by atoms with Crippen LogP contribution >= 0.6 is 0 Å². The van der Waals surface area contributed by atoms with Crippen molar-refractivity contribution < 1.29 is 66.8 Å². The largest absolute Gasteiger partial charge is 0.458 e. The number of anilines is 1. The molecule has 0 aliphatic carbocycles. The summed E-state index contributed by atoms with van der Waals surface area (Å²) in [6, 6.07) is 11.8. The van der Waals surface area contributed by atoms with Gasteiger partial charge in [0.15, 0.2) is 5.60 Å². The Hall–Kier alpha value is -7.77. The fourth-order valence-corrected chi connectivity index (χ4v) is 9.61. The monoisotopic (exact) mass is 1080 g/mol. The zero-order valence-corrected chi connectivity index (χ0v) is 43.1. The van der Waals surface area contributed by atoms with Gasteiger partial charge in [-0.3, -0.25) is 48.2 Å². The first-order chi connectivity index (χ1) is 37.6. The lowest BCUT2D eigenvalue weighted by Gasteiger charge is -2.31. The van der Waals surface area contributed by atoms with E-state index in [-0.39, 0.29) is 113 Å². The predicted octanol–water partition coefficient (Wildman–Crippen LogP) is 0.584. The SMILES string of the molecule is CC[C@@]1(O)C(=O)OCc2c1cc1n(c2=O)Cc2c-1nc1cc(F)c(NC(=O)CNC(=O)[C@H](Cc3ccccc3)NC(=O)CNC(=O)CNC(=O)CCOCCOCCOCCN3C(=O)C=CC3=O)cc1c2CN1CCCCC1. The van der Waals surface area contributed by atoms with Crippen LogP contribution in [0.5, 0.6) is 0 Å². The molecule has 4 aliphatic heterocycles. The van der Waals surface area contributed by atoms with Crippen LogP contribution in [0.25, 0.3) is 22.3 Å². The van der Waals surface area contributed by atoms with E-state index < -0.39 is 78.2 Å². The third-order valence-electron chi connectivity index (χ3n) is 13.8. The summed E-state index contributed by atoms with van der Waals surface area (Å²) in [6.45, 7) is 3.17. The van der Waals surface area contributed by atoms with Gasteiger partial charge in [-0.05, 0) is 55.6 Å². The molecule has 4 aromatic rings. The van der Waals surface area contributed by atoms with E-state index in [4.69, 9.17) is 23.9 Å². The third kappa shape index (κ3) is 13.7. The quantitative estimate of drug-likeness (QED) is 0.0251. The lowest BCUT2D eigenvalue weighted by molar-refractivity contribution is -0.172. The molecule has 1 saturated heterocycles. The molecule has 78 heavy (non-hydrogen) atoms. The maximum absolute atomic E-state index is 16.1. The smallest absolute Gasteiger partial charge is 0.343 e. The first-order valence-electron chi connectivity index (χ1n) is 25.9. The molecule has 0 saturated carbocycles. The lowest BCUT2D eigenvalue weighted by Crippen LogP contribution is -2.52. The standard InChI is InChI=1S/C54H62FN9O14/c1-2-54(74)38-25-43-50-36(31-64(43)52(72)37(38)32-78-53(54)73)35(30-62-14-7-4-8-15-62)34-24-41(39(55)26-40(34)61-50)59-47(68)29-58-51(71)42(23-33-9-5-3-6-10-33)60-46(67)28-57-45(66)27-56-44(65)13-17-75-19-21-77-22-20-76-18-16-63-48(69)11-12-49(63)70/h3,5-6,9-12,24-26,42,74H,2,4,7-8,13-23,27-32H2,1H3,(H,56,65)(H,57,66)(H,58,71)(H,59,68)(H,60,67)/t42-,54-/m0/s1. The number of aromatic nitrogens is 2. The predicted molar refractivity (Wildman–Crippen MR) is 276 cm³/mol. The first kappa shape index (κ1) is 56.4. The molecular weight excluding hydrogens is 1020 g/mol. The Morgan fingerprint density at radius 1 is 0.795 bits per heavy atom. The molecule has 1 fully saturated rings. The molecule has 24 heteroatoms. The first-order valence-corrected chi connectivity index (χ1v) is 25.9.